The van der Waals surface area contributed by atoms with E-state index in [-0.39, 0.29) is 18.5 Å². The summed E-state index contributed by atoms with van der Waals surface area (Å²) in [6.45, 7) is 4.42. The highest BCUT2D eigenvalue weighted by molar-refractivity contribution is 7.99. The van der Waals surface area contributed by atoms with E-state index >= 15 is 0 Å². The van der Waals surface area contributed by atoms with Gasteiger partial charge in [-0.1, -0.05) is 25.1 Å². The zero-order chi connectivity index (χ0) is 25.9. The minimum absolute atomic E-state index is 0.0246. The number of benzene rings is 2. The molecule has 1 N–H and O–H groups in total. The first-order chi connectivity index (χ1) is 18.0. The number of rotatable bonds is 8. The molecular formula is C29H31NO6S. The fraction of sp³-hybridized carbons (Fsp3) is 0.379. The third kappa shape index (κ3) is 5.07. The molecule has 5 rings (SSSR count). The van der Waals surface area contributed by atoms with Gasteiger partial charge in [-0.25, -0.2) is 4.79 Å². The van der Waals surface area contributed by atoms with Crippen molar-refractivity contribution < 1.29 is 28.5 Å². The van der Waals surface area contributed by atoms with Gasteiger partial charge in [0.2, 0.25) is 6.79 Å². The van der Waals surface area contributed by atoms with E-state index in [9.17, 15) is 9.59 Å². The summed E-state index contributed by atoms with van der Waals surface area (Å²) in [6.07, 6.45) is 1.03. The van der Waals surface area contributed by atoms with Crippen molar-refractivity contribution in [2.45, 2.75) is 38.5 Å². The molecule has 0 saturated carbocycles. The largest absolute Gasteiger partial charge is 0.497 e. The number of fused-ring (bicyclic) bond motifs is 1. The van der Waals surface area contributed by atoms with Gasteiger partial charge in [0.15, 0.2) is 17.3 Å². The highest BCUT2D eigenvalue weighted by Crippen LogP contribution is 2.47. The number of carbonyl (C=O) groups excluding carboxylic acids is 2. The lowest BCUT2D eigenvalue weighted by atomic mass is 9.71. The number of hydrogen-bond acceptors (Lipinski definition) is 8. The number of Topliss-reactive ketones (excluding diaryl/α,β-unsaturated/α-hetero) is 1. The summed E-state index contributed by atoms with van der Waals surface area (Å²) < 4.78 is 22.1. The molecule has 7 nitrogen and oxygen atoms in total. The number of hydrogen-bond donors (Lipinski definition) is 1. The monoisotopic (exact) mass is 521 g/mol. The first-order valence-corrected chi connectivity index (χ1v) is 13.7. The predicted octanol–water partition coefficient (Wildman–Crippen LogP) is 5.08. The summed E-state index contributed by atoms with van der Waals surface area (Å²) in [7, 11) is 1.64. The molecule has 194 valence electrons. The van der Waals surface area contributed by atoms with Gasteiger partial charge in [-0.15, -0.1) is 0 Å². The van der Waals surface area contributed by atoms with Crippen LogP contribution in [0.5, 0.6) is 17.2 Å². The first kappa shape index (κ1) is 25.3. The molecule has 2 aliphatic heterocycles. The van der Waals surface area contributed by atoms with E-state index in [1.807, 2.05) is 49.4 Å². The number of ketones is 1. The molecule has 8 heteroatoms. The fourth-order valence-electron chi connectivity index (χ4n) is 5.26. The molecular weight excluding hydrogens is 490 g/mol. The van der Waals surface area contributed by atoms with Gasteiger partial charge in [-0.3, -0.25) is 4.79 Å². The Labute approximate surface area is 221 Å². The van der Waals surface area contributed by atoms with E-state index < -0.39 is 11.9 Å². The van der Waals surface area contributed by atoms with Crippen molar-refractivity contribution in [3.8, 4) is 17.2 Å². The van der Waals surface area contributed by atoms with E-state index in [4.69, 9.17) is 18.9 Å². The number of thioether (sulfide) groups is 1. The minimum Gasteiger partial charge on any atom is -0.497 e. The first-order valence-electron chi connectivity index (χ1n) is 12.5. The van der Waals surface area contributed by atoms with E-state index in [1.165, 1.54) is 0 Å². The molecule has 0 aromatic heterocycles. The van der Waals surface area contributed by atoms with Gasteiger partial charge in [-0.05, 0) is 60.4 Å². The molecule has 2 aromatic carbocycles. The van der Waals surface area contributed by atoms with Gasteiger partial charge < -0.3 is 24.3 Å². The van der Waals surface area contributed by atoms with Crippen LogP contribution in [0.25, 0.3) is 0 Å². The SMILES string of the molecule is CCSCCOC(=O)C1=C(C)NC2=C(C(=O)C[C@H](c3ccc(OC)cc3)C2)[C@@H]1c1ccc2c(c1)OCO2. The lowest BCUT2D eigenvalue weighted by Crippen LogP contribution is -2.36. The van der Waals surface area contributed by atoms with Crippen LogP contribution in [0.15, 0.2) is 65.0 Å². The maximum atomic E-state index is 13.8. The second-order valence-corrected chi connectivity index (χ2v) is 10.6. The van der Waals surface area contributed by atoms with Crippen molar-refractivity contribution in [2.75, 3.05) is 32.0 Å². The molecule has 0 unspecified atom stereocenters. The van der Waals surface area contributed by atoms with Gasteiger partial charge in [-0.2, -0.15) is 11.8 Å². The van der Waals surface area contributed by atoms with Crippen LogP contribution in [-0.4, -0.2) is 43.8 Å². The van der Waals surface area contributed by atoms with E-state index in [2.05, 4.69) is 12.2 Å². The zero-order valence-corrected chi connectivity index (χ0v) is 22.1. The Balaban J connectivity index is 1.51. The quantitative estimate of drug-likeness (QED) is 0.380. The van der Waals surface area contributed by atoms with Crippen LogP contribution in [0, 0.1) is 0 Å². The molecule has 0 saturated heterocycles. The molecule has 37 heavy (non-hydrogen) atoms. The molecule has 2 aromatic rings. The Hall–Kier alpha value is -3.39. The summed E-state index contributed by atoms with van der Waals surface area (Å²) in [5, 5.41) is 3.41. The number of dihydropyridines is 1. The molecule has 0 amide bonds. The Morgan fingerprint density at radius 2 is 1.84 bits per heavy atom. The number of allylic oxidation sites excluding steroid dienone is 3. The van der Waals surface area contributed by atoms with Crippen LogP contribution < -0.4 is 19.5 Å². The average molecular weight is 522 g/mol. The summed E-state index contributed by atoms with van der Waals surface area (Å²) in [6, 6.07) is 13.5. The molecule has 3 aliphatic rings. The Kier molecular flexibility index (Phi) is 7.46. The van der Waals surface area contributed by atoms with Crippen LogP contribution >= 0.6 is 11.8 Å². The smallest absolute Gasteiger partial charge is 0.336 e. The van der Waals surface area contributed by atoms with Crippen LogP contribution in [0.4, 0.5) is 0 Å². The van der Waals surface area contributed by atoms with Gasteiger partial charge in [0, 0.05) is 35.1 Å². The van der Waals surface area contributed by atoms with Crippen LogP contribution in [0.1, 0.15) is 49.7 Å². The molecule has 0 radical (unpaired) electrons. The maximum absolute atomic E-state index is 13.8. The summed E-state index contributed by atoms with van der Waals surface area (Å²) in [4.78, 5) is 27.2. The van der Waals surface area contributed by atoms with Gasteiger partial charge in [0.25, 0.3) is 0 Å². The van der Waals surface area contributed by atoms with Crippen molar-refractivity contribution in [1.82, 2.24) is 5.32 Å². The van der Waals surface area contributed by atoms with E-state index in [0.717, 1.165) is 34.1 Å². The minimum atomic E-state index is -0.540. The normalized spacial score (nSPS) is 20.5. The topological polar surface area (TPSA) is 83.1 Å². The lowest BCUT2D eigenvalue weighted by molar-refractivity contribution is -0.138. The van der Waals surface area contributed by atoms with E-state index in [1.54, 1.807) is 18.9 Å². The maximum Gasteiger partial charge on any atom is 0.336 e. The number of nitrogens with one attached hydrogen (secondary N) is 1. The van der Waals surface area contributed by atoms with Gasteiger partial charge >= 0.3 is 5.97 Å². The van der Waals surface area contributed by atoms with Crippen molar-refractivity contribution in [2.24, 2.45) is 0 Å². The summed E-state index contributed by atoms with van der Waals surface area (Å²) in [5.41, 5.74) is 4.55. The van der Waals surface area contributed by atoms with Crippen molar-refractivity contribution in [1.29, 1.82) is 0 Å². The van der Waals surface area contributed by atoms with Gasteiger partial charge in [0.1, 0.15) is 12.4 Å². The number of carbonyl (C=O) groups is 2. The summed E-state index contributed by atoms with van der Waals surface area (Å²) in [5.74, 6) is 2.86. The Morgan fingerprint density at radius 3 is 2.59 bits per heavy atom. The summed E-state index contributed by atoms with van der Waals surface area (Å²) >= 11 is 1.72. The van der Waals surface area contributed by atoms with Gasteiger partial charge in [0.05, 0.1) is 12.7 Å². The van der Waals surface area contributed by atoms with Crippen LogP contribution in [-0.2, 0) is 14.3 Å². The van der Waals surface area contributed by atoms with E-state index in [0.29, 0.717) is 47.8 Å². The molecule has 0 fully saturated rings. The predicted molar refractivity (Wildman–Crippen MR) is 142 cm³/mol. The highest BCUT2D eigenvalue weighted by atomic mass is 32.2. The van der Waals surface area contributed by atoms with Crippen molar-refractivity contribution in [3.05, 3.63) is 76.1 Å². The van der Waals surface area contributed by atoms with Crippen molar-refractivity contribution >= 4 is 23.5 Å². The number of esters is 1. The zero-order valence-electron chi connectivity index (χ0n) is 21.3. The number of methoxy groups -OCH3 is 1. The highest BCUT2D eigenvalue weighted by Gasteiger charge is 2.41. The van der Waals surface area contributed by atoms with Crippen LogP contribution in [0.3, 0.4) is 0 Å². The Morgan fingerprint density at radius 1 is 1.08 bits per heavy atom. The fourth-order valence-corrected chi connectivity index (χ4v) is 5.75. The third-order valence-electron chi connectivity index (χ3n) is 7.03. The Bertz CT molecular complexity index is 1270. The average Bonchev–Trinajstić information content (AvgIpc) is 3.38. The van der Waals surface area contributed by atoms with Crippen LogP contribution in [0.2, 0.25) is 0 Å². The van der Waals surface area contributed by atoms with Crippen molar-refractivity contribution in [3.63, 3.8) is 0 Å². The molecule has 1 aliphatic carbocycles. The second kappa shape index (κ2) is 10.9. The molecule has 0 spiro atoms. The lowest BCUT2D eigenvalue weighted by Gasteiger charge is -2.36. The molecule has 2 heterocycles. The number of ether oxygens (including phenoxy) is 4. The molecule has 0 bridgehead atoms. The third-order valence-corrected chi connectivity index (χ3v) is 7.89. The standard InChI is InChI=1S/C29H31NO6S/c1-4-37-12-11-34-29(32)26-17(2)30-22-13-20(18-5-8-21(33-3)9-6-18)14-23(31)28(22)27(26)19-7-10-24-25(15-19)36-16-35-24/h5-10,15,20,27,30H,4,11-14,16H2,1-3H3/t20-,27-/m1/s1. The second-order valence-electron chi connectivity index (χ2n) is 9.24. The molecule has 2 atom stereocenters.